The minimum atomic E-state index is -0.184. The number of amides is 2. The highest BCUT2D eigenvalue weighted by molar-refractivity contribution is 5.90. The molecule has 4 heterocycles. The monoisotopic (exact) mass is 450 g/mol. The van der Waals surface area contributed by atoms with Crippen molar-refractivity contribution in [2.24, 2.45) is 5.10 Å². The first-order valence-electron chi connectivity index (χ1n) is 12.2. The molecule has 2 aliphatic heterocycles. The molecule has 0 spiro atoms. The van der Waals surface area contributed by atoms with Crippen molar-refractivity contribution >= 4 is 29.1 Å². The standard InChI is InChI=1S/C24H34N8O/c1-30-8-10-31(11-9-30)12-13-32-17-19(16-26-32)18-14-22-21(25-15-18)6-7-23(28-22)29-24(33)27-20-4-2-3-5-20/h6-7,14-16,19-20H,2-5,8-13,17H2,1H3,(H2,27,28,29,33). The Balaban J connectivity index is 1.17. The number of rotatable bonds is 6. The van der Waals surface area contributed by atoms with E-state index < -0.39 is 0 Å². The Kier molecular flexibility index (Phi) is 6.68. The molecule has 2 fully saturated rings. The van der Waals surface area contributed by atoms with Crippen molar-refractivity contribution in [1.82, 2.24) is 30.1 Å². The number of nitrogens with one attached hydrogen (secondary N) is 2. The summed E-state index contributed by atoms with van der Waals surface area (Å²) in [4.78, 5) is 26.4. The van der Waals surface area contributed by atoms with Gasteiger partial charge in [0.15, 0.2) is 0 Å². The third-order valence-electron chi connectivity index (χ3n) is 7.01. The van der Waals surface area contributed by atoms with Crippen LogP contribution in [-0.2, 0) is 0 Å². The number of fused-ring (bicyclic) bond motifs is 1. The molecule has 9 nitrogen and oxygen atoms in total. The minimum Gasteiger partial charge on any atom is -0.335 e. The fourth-order valence-electron chi connectivity index (χ4n) is 4.87. The van der Waals surface area contributed by atoms with Crippen molar-refractivity contribution in [2.75, 3.05) is 58.2 Å². The second kappa shape index (κ2) is 10.0. The van der Waals surface area contributed by atoms with Gasteiger partial charge in [-0.15, -0.1) is 0 Å². The Morgan fingerprint density at radius 3 is 2.73 bits per heavy atom. The Morgan fingerprint density at radius 1 is 1.09 bits per heavy atom. The fourth-order valence-corrected chi connectivity index (χ4v) is 4.87. The number of carbonyl (C=O) groups is 1. The van der Waals surface area contributed by atoms with Crippen molar-refractivity contribution < 1.29 is 4.79 Å². The Morgan fingerprint density at radius 2 is 1.91 bits per heavy atom. The average Bonchev–Trinajstić information content (AvgIpc) is 3.50. The number of nitrogens with zero attached hydrogens (tertiary/aromatic N) is 6. The molecule has 0 radical (unpaired) electrons. The van der Waals surface area contributed by atoms with Crippen LogP contribution >= 0.6 is 0 Å². The van der Waals surface area contributed by atoms with Crippen molar-refractivity contribution in [3.63, 3.8) is 0 Å². The number of hydrazone groups is 1. The summed E-state index contributed by atoms with van der Waals surface area (Å²) in [5, 5.41) is 12.7. The zero-order valence-electron chi connectivity index (χ0n) is 19.4. The minimum absolute atomic E-state index is 0.184. The second-order valence-electron chi connectivity index (χ2n) is 9.51. The summed E-state index contributed by atoms with van der Waals surface area (Å²) in [6, 6.07) is 5.88. The molecule has 1 unspecified atom stereocenters. The van der Waals surface area contributed by atoms with Crippen LogP contribution in [0, 0.1) is 0 Å². The second-order valence-corrected chi connectivity index (χ2v) is 9.51. The zero-order valence-corrected chi connectivity index (χ0v) is 19.4. The number of carbonyl (C=O) groups excluding carboxylic acids is 1. The summed E-state index contributed by atoms with van der Waals surface area (Å²) >= 11 is 0. The van der Waals surface area contributed by atoms with Gasteiger partial charge in [-0.1, -0.05) is 12.8 Å². The molecule has 9 heteroatoms. The predicted octanol–water partition coefficient (Wildman–Crippen LogP) is 2.33. The molecule has 5 rings (SSSR count). The first kappa shape index (κ1) is 22.0. The van der Waals surface area contributed by atoms with E-state index in [-0.39, 0.29) is 18.0 Å². The fraction of sp³-hybridized carbons (Fsp3) is 0.583. The molecule has 3 aliphatic rings. The molecular weight excluding hydrogens is 416 g/mol. The van der Waals surface area contributed by atoms with Gasteiger partial charge in [0.1, 0.15) is 5.82 Å². The summed E-state index contributed by atoms with van der Waals surface area (Å²) in [6.45, 7) is 7.40. The van der Waals surface area contributed by atoms with E-state index in [1.54, 1.807) is 6.07 Å². The molecule has 2 aromatic heterocycles. The molecule has 1 saturated carbocycles. The Hall–Kier alpha value is -2.78. The van der Waals surface area contributed by atoms with Crippen LogP contribution in [0.2, 0.25) is 0 Å². The van der Waals surface area contributed by atoms with Crippen LogP contribution in [0.4, 0.5) is 10.6 Å². The predicted molar refractivity (Wildman–Crippen MR) is 131 cm³/mol. The van der Waals surface area contributed by atoms with Crippen molar-refractivity contribution in [3.05, 3.63) is 30.0 Å². The first-order valence-corrected chi connectivity index (χ1v) is 12.2. The topological polar surface area (TPSA) is 89.0 Å². The van der Waals surface area contributed by atoms with Gasteiger partial charge in [-0.25, -0.2) is 9.78 Å². The molecule has 176 valence electrons. The normalized spacial score (nSPS) is 22.3. The van der Waals surface area contributed by atoms with E-state index >= 15 is 0 Å². The quantitative estimate of drug-likeness (QED) is 0.702. The zero-order chi connectivity index (χ0) is 22.6. The van der Waals surface area contributed by atoms with Gasteiger partial charge in [-0.2, -0.15) is 5.10 Å². The van der Waals surface area contributed by atoms with E-state index in [0.717, 1.165) is 75.3 Å². The highest BCUT2D eigenvalue weighted by Gasteiger charge is 2.22. The van der Waals surface area contributed by atoms with Crippen molar-refractivity contribution in [3.8, 4) is 0 Å². The van der Waals surface area contributed by atoms with Crippen LogP contribution in [0.15, 0.2) is 29.5 Å². The first-order chi connectivity index (χ1) is 16.1. The van der Waals surface area contributed by atoms with Gasteiger partial charge in [0.05, 0.1) is 11.0 Å². The van der Waals surface area contributed by atoms with E-state index in [2.05, 4.69) is 53.6 Å². The average molecular weight is 451 g/mol. The lowest BCUT2D eigenvalue weighted by Crippen LogP contribution is -2.46. The summed E-state index contributed by atoms with van der Waals surface area (Å²) < 4.78 is 0. The molecule has 2 aromatic rings. The molecule has 0 aromatic carbocycles. The summed E-state index contributed by atoms with van der Waals surface area (Å²) in [5.74, 6) is 0.754. The number of piperazine rings is 1. The van der Waals surface area contributed by atoms with Crippen molar-refractivity contribution in [2.45, 2.75) is 37.6 Å². The number of pyridine rings is 2. The number of urea groups is 1. The molecule has 1 saturated heterocycles. The van der Waals surface area contributed by atoms with Crippen LogP contribution in [0.25, 0.3) is 11.0 Å². The lowest BCUT2D eigenvalue weighted by molar-refractivity contribution is 0.138. The molecule has 2 amide bonds. The molecular formula is C24H34N8O. The lowest BCUT2D eigenvalue weighted by Gasteiger charge is -2.33. The summed E-state index contributed by atoms with van der Waals surface area (Å²) in [6.07, 6.45) is 8.42. The van der Waals surface area contributed by atoms with E-state index in [1.165, 1.54) is 12.8 Å². The third kappa shape index (κ3) is 5.59. The van der Waals surface area contributed by atoms with Gasteiger partial charge in [0, 0.05) is 70.2 Å². The number of hydrogen-bond donors (Lipinski definition) is 2. The van der Waals surface area contributed by atoms with Crippen LogP contribution in [0.3, 0.4) is 0 Å². The highest BCUT2D eigenvalue weighted by atomic mass is 16.2. The maximum absolute atomic E-state index is 12.3. The maximum Gasteiger partial charge on any atom is 0.320 e. The van der Waals surface area contributed by atoms with Gasteiger partial charge in [0.2, 0.25) is 0 Å². The number of anilines is 1. The van der Waals surface area contributed by atoms with Gasteiger partial charge in [0.25, 0.3) is 0 Å². The van der Waals surface area contributed by atoms with Crippen LogP contribution < -0.4 is 10.6 Å². The number of likely N-dealkylation sites (N-methyl/N-ethyl adjacent to an activating group) is 1. The van der Waals surface area contributed by atoms with Gasteiger partial charge >= 0.3 is 6.03 Å². The van der Waals surface area contributed by atoms with E-state index in [0.29, 0.717) is 5.82 Å². The van der Waals surface area contributed by atoms with Gasteiger partial charge < -0.3 is 10.2 Å². The van der Waals surface area contributed by atoms with Crippen LogP contribution in [0.1, 0.15) is 37.2 Å². The lowest BCUT2D eigenvalue weighted by atomic mass is 10.0. The summed E-state index contributed by atoms with van der Waals surface area (Å²) in [7, 11) is 2.18. The van der Waals surface area contributed by atoms with Gasteiger partial charge in [-0.3, -0.25) is 20.2 Å². The molecule has 1 aliphatic carbocycles. The maximum atomic E-state index is 12.3. The smallest absolute Gasteiger partial charge is 0.320 e. The van der Waals surface area contributed by atoms with E-state index in [9.17, 15) is 4.79 Å². The largest absolute Gasteiger partial charge is 0.335 e. The Labute approximate surface area is 195 Å². The summed E-state index contributed by atoms with van der Waals surface area (Å²) in [5.41, 5.74) is 2.71. The number of hydrogen-bond acceptors (Lipinski definition) is 7. The number of aromatic nitrogens is 2. The molecule has 2 N–H and O–H groups in total. The van der Waals surface area contributed by atoms with E-state index in [4.69, 9.17) is 0 Å². The van der Waals surface area contributed by atoms with Gasteiger partial charge in [-0.05, 0) is 43.7 Å². The highest BCUT2D eigenvalue weighted by Crippen LogP contribution is 2.23. The SMILES string of the molecule is CN1CCN(CCN2CC(c3cnc4ccc(NC(=O)NC5CCCC5)nc4c3)C=N2)CC1. The third-order valence-corrected chi connectivity index (χ3v) is 7.01. The van der Waals surface area contributed by atoms with Crippen LogP contribution in [-0.4, -0.2) is 95.9 Å². The van der Waals surface area contributed by atoms with E-state index in [1.807, 2.05) is 18.5 Å². The van der Waals surface area contributed by atoms with Crippen LogP contribution in [0.5, 0.6) is 0 Å². The molecule has 1 atom stereocenters. The molecule has 33 heavy (non-hydrogen) atoms. The molecule has 0 bridgehead atoms. The Bertz CT molecular complexity index is 997. The van der Waals surface area contributed by atoms with Crippen molar-refractivity contribution in [1.29, 1.82) is 0 Å².